The molecule has 0 heterocycles. The Morgan fingerprint density at radius 1 is 1.04 bits per heavy atom. The normalized spacial score (nSPS) is 12.1. The van der Waals surface area contributed by atoms with Crippen molar-refractivity contribution >= 4 is 0 Å². The summed E-state index contributed by atoms with van der Waals surface area (Å²) < 4.78 is 5.74. The summed E-state index contributed by atoms with van der Waals surface area (Å²) in [5.74, 6) is 0.968. The average Bonchev–Trinajstić information content (AvgIpc) is 2.57. The summed E-state index contributed by atoms with van der Waals surface area (Å²) in [6.45, 7) is 8.24. The highest BCUT2D eigenvalue weighted by Gasteiger charge is 2.09. The van der Waals surface area contributed by atoms with Gasteiger partial charge in [0.15, 0.2) is 0 Å². The fraction of sp³-hybridized carbons (Fsp3) is 0.429. The number of hydrogen-bond donors (Lipinski definition) is 1. The summed E-state index contributed by atoms with van der Waals surface area (Å²) in [5, 5.41) is 3.66. The zero-order valence-corrected chi connectivity index (χ0v) is 14.6. The van der Waals surface area contributed by atoms with Crippen LogP contribution in [0.3, 0.4) is 0 Å². The molecule has 0 bridgehead atoms. The lowest BCUT2D eigenvalue weighted by atomic mass is 10.0. The Balaban J connectivity index is 1.92. The van der Waals surface area contributed by atoms with Crippen molar-refractivity contribution in [1.29, 1.82) is 0 Å². The summed E-state index contributed by atoms with van der Waals surface area (Å²) >= 11 is 0. The van der Waals surface area contributed by atoms with Crippen molar-refractivity contribution in [1.82, 2.24) is 5.32 Å². The van der Waals surface area contributed by atoms with Crippen LogP contribution in [0, 0.1) is 6.92 Å². The van der Waals surface area contributed by atoms with E-state index >= 15 is 0 Å². The van der Waals surface area contributed by atoms with Crippen LogP contribution in [0.1, 0.15) is 55.8 Å². The maximum Gasteiger partial charge on any atom is 0.119 e. The van der Waals surface area contributed by atoms with Gasteiger partial charge in [0.05, 0.1) is 6.61 Å². The van der Waals surface area contributed by atoms with E-state index in [9.17, 15) is 0 Å². The van der Waals surface area contributed by atoms with E-state index in [4.69, 9.17) is 4.74 Å². The van der Waals surface area contributed by atoms with Gasteiger partial charge in [0, 0.05) is 12.6 Å². The Hall–Kier alpha value is -1.80. The van der Waals surface area contributed by atoms with Gasteiger partial charge in [-0.25, -0.2) is 0 Å². The summed E-state index contributed by atoms with van der Waals surface area (Å²) in [7, 11) is 0. The Bertz CT molecular complexity index is 577. The van der Waals surface area contributed by atoms with E-state index in [1.807, 2.05) is 0 Å². The van der Waals surface area contributed by atoms with Crippen molar-refractivity contribution in [3.05, 3.63) is 65.2 Å². The Labute approximate surface area is 140 Å². The van der Waals surface area contributed by atoms with E-state index < -0.39 is 0 Å². The molecule has 0 fully saturated rings. The van der Waals surface area contributed by atoms with Gasteiger partial charge in [0.1, 0.15) is 5.75 Å². The second-order valence-electron chi connectivity index (χ2n) is 6.10. The zero-order valence-electron chi connectivity index (χ0n) is 14.6. The monoisotopic (exact) mass is 311 g/mol. The van der Waals surface area contributed by atoms with Gasteiger partial charge >= 0.3 is 0 Å². The third-order valence-electron chi connectivity index (χ3n) is 4.09. The predicted molar refractivity (Wildman–Crippen MR) is 97.9 cm³/mol. The van der Waals surface area contributed by atoms with Crippen LogP contribution in [0.25, 0.3) is 0 Å². The van der Waals surface area contributed by atoms with E-state index in [0.29, 0.717) is 6.04 Å². The lowest BCUT2D eigenvalue weighted by Crippen LogP contribution is -2.20. The number of hydrogen-bond acceptors (Lipinski definition) is 2. The molecule has 0 spiro atoms. The van der Waals surface area contributed by atoms with Crippen molar-refractivity contribution in [3.8, 4) is 5.75 Å². The lowest BCUT2D eigenvalue weighted by Gasteiger charge is -2.18. The summed E-state index contributed by atoms with van der Waals surface area (Å²) in [4.78, 5) is 0. The SMILES string of the molecule is CCCCOc1ccc(C(CC)NCc2cccc(C)c2)cc1. The fourth-order valence-electron chi connectivity index (χ4n) is 2.69. The first-order chi connectivity index (χ1) is 11.2. The van der Waals surface area contributed by atoms with Crippen LogP contribution in [0.4, 0.5) is 0 Å². The van der Waals surface area contributed by atoms with E-state index in [-0.39, 0.29) is 0 Å². The van der Waals surface area contributed by atoms with Crippen LogP contribution in [0.15, 0.2) is 48.5 Å². The molecule has 124 valence electrons. The highest BCUT2D eigenvalue weighted by molar-refractivity contribution is 5.29. The second kappa shape index (κ2) is 9.36. The number of nitrogens with one attached hydrogen (secondary N) is 1. The first-order valence-electron chi connectivity index (χ1n) is 8.74. The van der Waals surface area contributed by atoms with Gasteiger partial charge in [0.25, 0.3) is 0 Å². The van der Waals surface area contributed by atoms with Gasteiger partial charge in [-0.1, -0.05) is 62.2 Å². The van der Waals surface area contributed by atoms with Crippen LogP contribution in [0.5, 0.6) is 5.75 Å². The third kappa shape index (κ3) is 5.72. The number of ether oxygens (including phenoxy) is 1. The average molecular weight is 311 g/mol. The van der Waals surface area contributed by atoms with Gasteiger partial charge in [0.2, 0.25) is 0 Å². The zero-order chi connectivity index (χ0) is 16.5. The molecule has 2 rings (SSSR count). The van der Waals surface area contributed by atoms with Gasteiger partial charge < -0.3 is 10.1 Å². The molecule has 0 aliphatic carbocycles. The number of rotatable bonds is 9. The molecular weight excluding hydrogens is 282 g/mol. The van der Waals surface area contributed by atoms with Gasteiger partial charge in [-0.3, -0.25) is 0 Å². The standard InChI is InChI=1S/C21H29NO/c1-4-6-14-23-20-12-10-19(11-13-20)21(5-2)22-16-18-9-7-8-17(3)15-18/h7-13,15,21-22H,4-6,14,16H2,1-3H3. The molecule has 0 aliphatic rings. The molecule has 2 aromatic rings. The number of aryl methyl sites for hydroxylation is 1. The summed E-state index contributed by atoms with van der Waals surface area (Å²) in [6, 6.07) is 17.6. The summed E-state index contributed by atoms with van der Waals surface area (Å²) in [5.41, 5.74) is 3.97. The van der Waals surface area contributed by atoms with Crippen LogP contribution in [-0.4, -0.2) is 6.61 Å². The van der Waals surface area contributed by atoms with Crippen LogP contribution < -0.4 is 10.1 Å². The Kier molecular flexibility index (Phi) is 7.15. The van der Waals surface area contributed by atoms with Crippen LogP contribution in [0.2, 0.25) is 0 Å². The largest absolute Gasteiger partial charge is 0.494 e. The minimum atomic E-state index is 0.375. The number of unbranched alkanes of at least 4 members (excludes halogenated alkanes) is 1. The molecule has 23 heavy (non-hydrogen) atoms. The molecule has 0 radical (unpaired) electrons. The molecule has 0 saturated carbocycles. The van der Waals surface area contributed by atoms with E-state index in [1.165, 1.54) is 23.1 Å². The predicted octanol–water partition coefficient (Wildman–Crippen LogP) is 5.41. The van der Waals surface area contributed by atoms with E-state index in [0.717, 1.165) is 31.7 Å². The topological polar surface area (TPSA) is 21.3 Å². The van der Waals surface area contributed by atoms with Crippen molar-refractivity contribution in [2.75, 3.05) is 6.61 Å². The molecule has 0 saturated heterocycles. The summed E-state index contributed by atoms with van der Waals surface area (Å²) in [6.07, 6.45) is 3.35. The van der Waals surface area contributed by atoms with E-state index in [2.05, 4.69) is 74.6 Å². The second-order valence-corrected chi connectivity index (χ2v) is 6.10. The molecule has 2 heteroatoms. The van der Waals surface area contributed by atoms with Gasteiger partial charge in [-0.15, -0.1) is 0 Å². The van der Waals surface area contributed by atoms with E-state index in [1.54, 1.807) is 0 Å². The van der Waals surface area contributed by atoms with Crippen molar-refractivity contribution < 1.29 is 4.74 Å². The minimum absolute atomic E-state index is 0.375. The smallest absolute Gasteiger partial charge is 0.119 e. The first-order valence-corrected chi connectivity index (χ1v) is 8.74. The van der Waals surface area contributed by atoms with Crippen LogP contribution in [-0.2, 0) is 6.54 Å². The highest BCUT2D eigenvalue weighted by atomic mass is 16.5. The van der Waals surface area contributed by atoms with Crippen molar-refractivity contribution in [2.24, 2.45) is 0 Å². The third-order valence-corrected chi connectivity index (χ3v) is 4.09. The maximum atomic E-state index is 5.74. The quantitative estimate of drug-likeness (QED) is 0.625. The Morgan fingerprint density at radius 3 is 2.48 bits per heavy atom. The van der Waals surface area contributed by atoms with Crippen LogP contribution >= 0.6 is 0 Å². The van der Waals surface area contributed by atoms with Crippen molar-refractivity contribution in [2.45, 2.75) is 52.6 Å². The molecule has 0 aliphatic heterocycles. The molecular formula is C21H29NO. The molecule has 1 unspecified atom stereocenters. The fourth-order valence-corrected chi connectivity index (χ4v) is 2.69. The minimum Gasteiger partial charge on any atom is -0.494 e. The van der Waals surface area contributed by atoms with Gasteiger partial charge in [-0.2, -0.15) is 0 Å². The number of benzene rings is 2. The van der Waals surface area contributed by atoms with Gasteiger partial charge in [-0.05, 0) is 43.0 Å². The molecule has 0 aromatic heterocycles. The highest BCUT2D eigenvalue weighted by Crippen LogP contribution is 2.21. The first kappa shape index (κ1) is 17.6. The molecule has 2 aromatic carbocycles. The molecule has 1 atom stereocenters. The lowest BCUT2D eigenvalue weighted by molar-refractivity contribution is 0.309. The molecule has 0 amide bonds. The Morgan fingerprint density at radius 2 is 1.83 bits per heavy atom. The maximum absolute atomic E-state index is 5.74. The molecule has 1 N–H and O–H groups in total. The van der Waals surface area contributed by atoms with Crippen molar-refractivity contribution in [3.63, 3.8) is 0 Å². The molecule has 2 nitrogen and oxygen atoms in total.